The second-order valence-electron chi connectivity index (χ2n) is 6.28. The van der Waals surface area contributed by atoms with Gasteiger partial charge in [-0.25, -0.2) is 13.6 Å². The third-order valence-electron chi connectivity index (χ3n) is 4.19. The van der Waals surface area contributed by atoms with Crippen molar-refractivity contribution in [3.8, 4) is 22.6 Å². The molecule has 10 heteroatoms. The third kappa shape index (κ3) is 4.57. The van der Waals surface area contributed by atoms with Crippen molar-refractivity contribution in [1.82, 2.24) is 0 Å². The Morgan fingerprint density at radius 3 is 2.68 bits per heavy atom. The van der Waals surface area contributed by atoms with Crippen molar-refractivity contribution >= 4 is 16.0 Å². The van der Waals surface area contributed by atoms with E-state index in [-0.39, 0.29) is 24.3 Å². The van der Waals surface area contributed by atoms with Gasteiger partial charge in [0.1, 0.15) is 17.6 Å². The zero-order valence-corrected chi connectivity index (χ0v) is 15.3. The Balaban J connectivity index is 2.11. The minimum absolute atomic E-state index is 0.0929. The number of hydrogen-bond acceptors (Lipinski definition) is 5. The normalized spacial score (nSPS) is 15.5. The van der Waals surface area contributed by atoms with Crippen LogP contribution >= 0.6 is 0 Å². The Morgan fingerprint density at radius 1 is 1.29 bits per heavy atom. The summed E-state index contributed by atoms with van der Waals surface area (Å²) in [6.45, 7) is -3.04. The number of halogens is 2. The predicted molar refractivity (Wildman–Crippen MR) is 95.6 cm³/mol. The number of aliphatic carboxylic acids is 1. The number of carboxylic acid groups (broad SMARTS) is 1. The molecule has 0 bridgehead atoms. The maximum absolute atomic E-state index is 12.8. The molecule has 7 nitrogen and oxygen atoms in total. The number of alkyl halides is 2. The molecule has 28 heavy (non-hydrogen) atoms. The van der Waals surface area contributed by atoms with Crippen LogP contribution in [0.5, 0.6) is 11.5 Å². The van der Waals surface area contributed by atoms with Crippen molar-refractivity contribution in [2.75, 3.05) is 0 Å². The molecule has 0 amide bonds. The standard InChI is InChI=1S/C18H17F2NO6S/c19-18(20)27-15-3-1-2-14-17(15)11-5-4-10(9-28(21,24)25)8-12(11)13(26-14)6-7-16(22)23/h1-5,8,13,18H,6-7,9H2,(H,22,23)(H2,21,24,25). The Bertz CT molecular complexity index is 1010. The van der Waals surface area contributed by atoms with Crippen LogP contribution in [-0.2, 0) is 20.6 Å². The van der Waals surface area contributed by atoms with Crippen LogP contribution < -0.4 is 14.6 Å². The number of benzene rings is 2. The molecule has 1 atom stereocenters. The summed E-state index contributed by atoms with van der Waals surface area (Å²) >= 11 is 0. The highest BCUT2D eigenvalue weighted by atomic mass is 32.2. The molecule has 1 unspecified atom stereocenters. The van der Waals surface area contributed by atoms with Crippen molar-refractivity contribution in [3.05, 3.63) is 47.5 Å². The number of hydrogen-bond donors (Lipinski definition) is 2. The Labute approximate surface area is 159 Å². The molecular formula is C18H17F2NO6S. The lowest BCUT2D eigenvalue weighted by molar-refractivity contribution is -0.137. The molecule has 0 radical (unpaired) electrons. The number of sulfonamides is 1. The third-order valence-corrected chi connectivity index (χ3v) is 4.93. The molecule has 0 saturated carbocycles. The predicted octanol–water partition coefficient (Wildman–Crippen LogP) is 3.04. The SMILES string of the molecule is NS(=O)(=O)Cc1ccc2c(c1)C(CCC(=O)O)Oc1cccc(OC(F)F)c1-2. The summed E-state index contributed by atoms with van der Waals surface area (Å²) in [4.78, 5) is 11.0. The van der Waals surface area contributed by atoms with Crippen LogP contribution in [0.1, 0.15) is 30.1 Å². The van der Waals surface area contributed by atoms with E-state index in [0.29, 0.717) is 22.3 Å². The van der Waals surface area contributed by atoms with E-state index in [1.807, 2.05) is 0 Å². The van der Waals surface area contributed by atoms with E-state index in [4.69, 9.17) is 15.0 Å². The lowest BCUT2D eigenvalue weighted by atomic mass is 9.89. The molecule has 3 N–H and O–H groups in total. The van der Waals surface area contributed by atoms with Crippen molar-refractivity contribution in [2.24, 2.45) is 5.14 Å². The molecule has 1 aliphatic rings. The van der Waals surface area contributed by atoms with E-state index in [0.717, 1.165) is 0 Å². The maximum Gasteiger partial charge on any atom is 0.387 e. The van der Waals surface area contributed by atoms with E-state index in [2.05, 4.69) is 4.74 Å². The van der Waals surface area contributed by atoms with E-state index < -0.39 is 34.5 Å². The van der Waals surface area contributed by atoms with Crippen LogP contribution in [0.2, 0.25) is 0 Å². The largest absolute Gasteiger partial charge is 0.485 e. The minimum Gasteiger partial charge on any atom is -0.485 e. The molecule has 3 rings (SSSR count). The molecule has 1 aliphatic heterocycles. The second-order valence-corrected chi connectivity index (χ2v) is 7.89. The van der Waals surface area contributed by atoms with Gasteiger partial charge >= 0.3 is 12.6 Å². The van der Waals surface area contributed by atoms with E-state index in [9.17, 15) is 22.0 Å². The summed E-state index contributed by atoms with van der Waals surface area (Å²) in [6, 6.07) is 9.06. The summed E-state index contributed by atoms with van der Waals surface area (Å²) < 4.78 is 58.8. The lowest BCUT2D eigenvalue weighted by Crippen LogP contribution is -2.18. The smallest absolute Gasteiger partial charge is 0.387 e. The number of nitrogens with two attached hydrogens (primary N) is 1. The van der Waals surface area contributed by atoms with Gasteiger partial charge in [-0.2, -0.15) is 8.78 Å². The molecule has 0 aliphatic carbocycles. The topological polar surface area (TPSA) is 116 Å². The van der Waals surface area contributed by atoms with Crippen LogP contribution in [0.25, 0.3) is 11.1 Å². The lowest BCUT2D eigenvalue weighted by Gasteiger charge is -2.30. The number of primary sulfonamides is 1. The zero-order valence-electron chi connectivity index (χ0n) is 14.5. The van der Waals surface area contributed by atoms with Gasteiger partial charge in [0.15, 0.2) is 0 Å². The number of rotatable bonds is 7. The van der Waals surface area contributed by atoms with Crippen molar-refractivity contribution in [1.29, 1.82) is 0 Å². The highest BCUT2D eigenvalue weighted by Gasteiger charge is 2.30. The minimum atomic E-state index is -3.79. The summed E-state index contributed by atoms with van der Waals surface area (Å²) in [5.74, 6) is -1.26. The quantitative estimate of drug-likeness (QED) is 0.721. The van der Waals surface area contributed by atoms with Gasteiger partial charge in [0.05, 0.1) is 11.3 Å². The van der Waals surface area contributed by atoms with Gasteiger partial charge in [-0.3, -0.25) is 4.79 Å². The summed E-state index contributed by atoms with van der Waals surface area (Å²) in [7, 11) is -3.79. The molecule has 2 aromatic carbocycles. The van der Waals surface area contributed by atoms with Gasteiger partial charge in [0.25, 0.3) is 0 Å². The summed E-state index contributed by atoms with van der Waals surface area (Å²) in [6.07, 6.45) is -0.770. The monoisotopic (exact) mass is 413 g/mol. The molecule has 0 aromatic heterocycles. The average Bonchev–Trinajstić information content (AvgIpc) is 2.57. The number of carboxylic acids is 1. The van der Waals surface area contributed by atoms with Gasteiger partial charge in [0.2, 0.25) is 10.0 Å². The van der Waals surface area contributed by atoms with Crippen LogP contribution in [0, 0.1) is 0 Å². The molecule has 0 saturated heterocycles. The fourth-order valence-electron chi connectivity index (χ4n) is 3.18. The van der Waals surface area contributed by atoms with E-state index in [1.165, 1.54) is 24.3 Å². The maximum atomic E-state index is 12.8. The first kappa shape index (κ1) is 20.0. The second kappa shape index (κ2) is 7.72. The molecular weight excluding hydrogens is 396 g/mol. The first-order valence-electron chi connectivity index (χ1n) is 8.24. The van der Waals surface area contributed by atoms with Gasteiger partial charge in [-0.15, -0.1) is 0 Å². The summed E-state index contributed by atoms with van der Waals surface area (Å²) in [5.41, 5.74) is 1.67. The first-order valence-corrected chi connectivity index (χ1v) is 9.95. The Hall–Kier alpha value is -2.72. The van der Waals surface area contributed by atoms with Crippen molar-refractivity contribution in [3.63, 3.8) is 0 Å². The number of ether oxygens (including phenoxy) is 2. The fraction of sp³-hybridized carbons (Fsp3) is 0.278. The fourth-order valence-corrected chi connectivity index (χ4v) is 3.83. The zero-order chi connectivity index (χ0) is 20.5. The Morgan fingerprint density at radius 2 is 2.04 bits per heavy atom. The van der Waals surface area contributed by atoms with Crippen molar-refractivity contribution in [2.45, 2.75) is 31.3 Å². The number of fused-ring (bicyclic) bond motifs is 3. The number of carbonyl (C=O) groups is 1. The van der Waals surface area contributed by atoms with Crippen LogP contribution in [0.3, 0.4) is 0 Å². The molecule has 0 spiro atoms. The Kier molecular flexibility index (Phi) is 5.52. The van der Waals surface area contributed by atoms with Crippen LogP contribution in [0.15, 0.2) is 36.4 Å². The van der Waals surface area contributed by atoms with Gasteiger partial charge in [0, 0.05) is 12.0 Å². The molecule has 0 fully saturated rings. The molecule has 2 aromatic rings. The van der Waals surface area contributed by atoms with Crippen molar-refractivity contribution < 1.29 is 36.6 Å². The average molecular weight is 413 g/mol. The van der Waals surface area contributed by atoms with E-state index in [1.54, 1.807) is 12.1 Å². The van der Waals surface area contributed by atoms with E-state index >= 15 is 0 Å². The van der Waals surface area contributed by atoms with Crippen LogP contribution in [-0.4, -0.2) is 26.1 Å². The molecule has 150 valence electrons. The highest BCUT2D eigenvalue weighted by Crippen LogP contribution is 2.48. The molecule has 1 heterocycles. The highest BCUT2D eigenvalue weighted by molar-refractivity contribution is 7.88. The summed E-state index contributed by atoms with van der Waals surface area (Å²) in [5, 5.41) is 14.1. The van der Waals surface area contributed by atoms with Gasteiger partial charge < -0.3 is 14.6 Å². The van der Waals surface area contributed by atoms with Crippen LogP contribution in [0.4, 0.5) is 8.78 Å². The van der Waals surface area contributed by atoms with Gasteiger partial charge in [-0.05, 0) is 29.7 Å². The first-order chi connectivity index (χ1) is 13.1. The van der Waals surface area contributed by atoms with Gasteiger partial charge in [-0.1, -0.05) is 24.3 Å².